The predicted molar refractivity (Wildman–Crippen MR) is 109 cm³/mol. The zero-order valence-electron chi connectivity index (χ0n) is 14.6. The molecule has 1 fully saturated rings. The number of unbranched alkanes of at least 4 members (excludes halogenated alkanes) is 1. The highest BCUT2D eigenvalue weighted by Crippen LogP contribution is 2.19. The van der Waals surface area contributed by atoms with Gasteiger partial charge in [-0.2, -0.15) is 0 Å². The van der Waals surface area contributed by atoms with Crippen molar-refractivity contribution < 1.29 is 4.74 Å². The third-order valence-electron chi connectivity index (χ3n) is 4.59. The Kier molecular flexibility index (Phi) is 11.8. The number of rotatable bonds is 7. The molecule has 0 unspecified atom stereocenters. The fourth-order valence-electron chi connectivity index (χ4n) is 3.22. The smallest absolute Gasteiger partial charge is 0.191 e. The predicted octanol–water partition coefficient (Wildman–Crippen LogP) is 4.01. The summed E-state index contributed by atoms with van der Waals surface area (Å²) in [5.41, 5.74) is 0. The van der Waals surface area contributed by atoms with Gasteiger partial charge in [0.05, 0.1) is 6.10 Å². The first-order valence-electron chi connectivity index (χ1n) is 9.12. The number of hydrogen-bond acceptors (Lipinski definition) is 2. The third kappa shape index (κ3) is 8.94. The monoisotopic (exact) mass is 435 g/mol. The molecule has 0 heterocycles. The van der Waals surface area contributed by atoms with Crippen LogP contribution in [0.25, 0.3) is 0 Å². The summed E-state index contributed by atoms with van der Waals surface area (Å²) in [6.07, 6.45) is 17.5. The Hall–Kier alpha value is -0.300. The first kappa shape index (κ1) is 20.7. The molecule has 23 heavy (non-hydrogen) atoms. The molecule has 0 aromatic rings. The number of hydrogen-bond donors (Lipinski definition) is 2. The summed E-state index contributed by atoms with van der Waals surface area (Å²) in [5, 5.41) is 6.86. The van der Waals surface area contributed by atoms with Crippen LogP contribution in [0, 0.1) is 0 Å². The lowest BCUT2D eigenvalue weighted by molar-refractivity contribution is 0.0411. The van der Waals surface area contributed by atoms with Gasteiger partial charge in [0.2, 0.25) is 0 Å². The Balaban J connectivity index is 0.00000264. The van der Waals surface area contributed by atoms with E-state index in [0.717, 1.165) is 44.8 Å². The molecule has 2 N–H and O–H groups in total. The highest BCUT2D eigenvalue weighted by molar-refractivity contribution is 14.0. The average molecular weight is 435 g/mol. The molecule has 0 bridgehead atoms. The maximum atomic E-state index is 6.02. The summed E-state index contributed by atoms with van der Waals surface area (Å²) in [6.45, 7) is 1.87. The quantitative estimate of drug-likeness (QED) is 0.159. The Labute approximate surface area is 158 Å². The molecule has 1 saturated carbocycles. The summed E-state index contributed by atoms with van der Waals surface area (Å²) in [6, 6.07) is 0.518. The standard InChI is InChI=1S/C18H33N3O.HI/c1-19-18(21-16-10-6-7-11-16)20-14-8-9-15-22-17-12-4-2-3-5-13-17;/h6-7,16-17H,2-5,8-15H2,1H3,(H2,19,20,21);1H. The second-order valence-corrected chi connectivity index (χ2v) is 6.47. The number of ether oxygens (including phenoxy) is 1. The van der Waals surface area contributed by atoms with Gasteiger partial charge in [-0.15, -0.1) is 24.0 Å². The van der Waals surface area contributed by atoms with Crippen molar-refractivity contribution in [2.24, 2.45) is 4.99 Å². The van der Waals surface area contributed by atoms with Crippen LogP contribution in [0.4, 0.5) is 0 Å². The maximum absolute atomic E-state index is 6.02. The first-order valence-corrected chi connectivity index (χ1v) is 9.12. The van der Waals surface area contributed by atoms with Crippen molar-refractivity contribution in [3.8, 4) is 0 Å². The molecule has 0 aromatic carbocycles. The first-order chi connectivity index (χ1) is 10.9. The van der Waals surface area contributed by atoms with Crippen molar-refractivity contribution in [1.82, 2.24) is 10.6 Å². The van der Waals surface area contributed by atoms with E-state index >= 15 is 0 Å². The zero-order chi connectivity index (χ0) is 15.5. The van der Waals surface area contributed by atoms with E-state index in [9.17, 15) is 0 Å². The highest BCUT2D eigenvalue weighted by Gasteiger charge is 2.12. The summed E-state index contributed by atoms with van der Waals surface area (Å²) in [4.78, 5) is 4.29. The van der Waals surface area contributed by atoms with Crippen molar-refractivity contribution in [2.45, 2.75) is 76.4 Å². The number of nitrogens with one attached hydrogen (secondary N) is 2. The Bertz CT molecular complexity index is 344. The lowest BCUT2D eigenvalue weighted by Crippen LogP contribution is -2.42. The molecule has 0 radical (unpaired) electrons. The summed E-state index contributed by atoms with van der Waals surface area (Å²) in [7, 11) is 1.84. The minimum atomic E-state index is 0. The van der Waals surface area contributed by atoms with E-state index in [0.29, 0.717) is 12.1 Å². The van der Waals surface area contributed by atoms with E-state index in [1.165, 1.54) is 38.5 Å². The van der Waals surface area contributed by atoms with Gasteiger partial charge in [0.1, 0.15) is 0 Å². The number of halogens is 1. The largest absolute Gasteiger partial charge is 0.378 e. The summed E-state index contributed by atoms with van der Waals surface area (Å²) < 4.78 is 6.02. The molecule has 0 aliphatic heterocycles. The van der Waals surface area contributed by atoms with Crippen LogP contribution in [-0.4, -0.2) is 38.3 Å². The van der Waals surface area contributed by atoms with Crippen LogP contribution in [0.15, 0.2) is 17.1 Å². The van der Waals surface area contributed by atoms with Crippen LogP contribution < -0.4 is 10.6 Å². The van der Waals surface area contributed by atoms with Crippen molar-refractivity contribution >= 4 is 29.9 Å². The van der Waals surface area contributed by atoms with Crippen LogP contribution in [0.3, 0.4) is 0 Å². The van der Waals surface area contributed by atoms with Gasteiger partial charge in [-0.1, -0.05) is 37.8 Å². The van der Waals surface area contributed by atoms with Gasteiger partial charge < -0.3 is 15.4 Å². The number of guanidine groups is 1. The average Bonchev–Trinajstić information content (AvgIpc) is 2.91. The van der Waals surface area contributed by atoms with Crippen LogP contribution in [0.2, 0.25) is 0 Å². The van der Waals surface area contributed by atoms with Gasteiger partial charge in [0.15, 0.2) is 5.96 Å². The molecule has 0 aromatic heterocycles. The molecule has 134 valence electrons. The molecule has 2 rings (SSSR count). The molecule has 0 atom stereocenters. The molecule has 4 nitrogen and oxygen atoms in total. The normalized spacial score (nSPS) is 20.1. The van der Waals surface area contributed by atoms with Crippen molar-refractivity contribution in [2.75, 3.05) is 20.2 Å². The third-order valence-corrected chi connectivity index (χ3v) is 4.59. The Morgan fingerprint density at radius 2 is 1.78 bits per heavy atom. The molecule has 2 aliphatic carbocycles. The number of aliphatic imine (C=N–C) groups is 1. The van der Waals surface area contributed by atoms with Crippen LogP contribution >= 0.6 is 24.0 Å². The van der Waals surface area contributed by atoms with Gasteiger partial charge in [-0.05, 0) is 38.5 Å². The van der Waals surface area contributed by atoms with Crippen molar-refractivity contribution in [1.29, 1.82) is 0 Å². The lowest BCUT2D eigenvalue weighted by Gasteiger charge is -2.17. The van der Waals surface area contributed by atoms with E-state index in [-0.39, 0.29) is 24.0 Å². The molecule has 5 heteroatoms. The number of nitrogens with zero attached hydrogens (tertiary/aromatic N) is 1. The molecule has 0 amide bonds. The van der Waals surface area contributed by atoms with E-state index in [1.54, 1.807) is 0 Å². The van der Waals surface area contributed by atoms with Gasteiger partial charge in [0, 0.05) is 26.2 Å². The fourth-order valence-corrected chi connectivity index (χ4v) is 3.22. The lowest BCUT2D eigenvalue weighted by atomic mass is 10.1. The van der Waals surface area contributed by atoms with Crippen LogP contribution in [-0.2, 0) is 4.74 Å². The SMILES string of the molecule is CN=C(NCCCCOC1CCCCCC1)NC1CC=CC1.I. The second-order valence-electron chi connectivity index (χ2n) is 6.47. The summed E-state index contributed by atoms with van der Waals surface area (Å²) in [5.74, 6) is 0.929. The van der Waals surface area contributed by atoms with Crippen LogP contribution in [0.1, 0.15) is 64.2 Å². The maximum Gasteiger partial charge on any atom is 0.191 e. The molecule has 0 saturated heterocycles. The molecular weight excluding hydrogens is 401 g/mol. The van der Waals surface area contributed by atoms with E-state index in [2.05, 4.69) is 27.8 Å². The van der Waals surface area contributed by atoms with E-state index in [4.69, 9.17) is 4.74 Å². The van der Waals surface area contributed by atoms with Crippen molar-refractivity contribution in [3.63, 3.8) is 0 Å². The summed E-state index contributed by atoms with van der Waals surface area (Å²) >= 11 is 0. The van der Waals surface area contributed by atoms with Gasteiger partial charge in [0.25, 0.3) is 0 Å². The Morgan fingerprint density at radius 3 is 2.43 bits per heavy atom. The topological polar surface area (TPSA) is 45.7 Å². The van der Waals surface area contributed by atoms with E-state index in [1.807, 2.05) is 7.05 Å². The fraction of sp³-hybridized carbons (Fsp3) is 0.833. The highest BCUT2D eigenvalue weighted by atomic mass is 127. The van der Waals surface area contributed by atoms with E-state index < -0.39 is 0 Å². The van der Waals surface area contributed by atoms with Gasteiger partial charge in [-0.25, -0.2) is 0 Å². The Morgan fingerprint density at radius 1 is 1.09 bits per heavy atom. The second kappa shape index (κ2) is 13.0. The molecule has 0 spiro atoms. The molecular formula is C18H34IN3O. The molecule has 2 aliphatic rings. The van der Waals surface area contributed by atoms with Gasteiger partial charge in [-0.3, -0.25) is 4.99 Å². The van der Waals surface area contributed by atoms with Gasteiger partial charge >= 0.3 is 0 Å². The minimum absolute atomic E-state index is 0. The minimum Gasteiger partial charge on any atom is -0.378 e. The van der Waals surface area contributed by atoms with Crippen molar-refractivity contribution in [3.05, 3.63) is 12.2 Å². The van der Waals surface area contributed by atoms with Crippen LogP contribution in [0.5, 0.6) is 0 Å². The zero-order valence-corrected chi connectivity index (χ0v) is 16.9.